The zero-order valence-electron chi connectivity index (χ0n) is 18.1. The minimum absolute atomic E-state index is 0.266. The summed E-state index contributed by atoms with van der Waals surface area (Å²) in [5.41, 5.74) is 3.18. The van der Waals surface area contributed by atoms with Crippen molar-refractivity contribution < 1.29 is 14.6 Å². The number of rotatable bonds is 8. The van der Waals surface area contributed by atoms with Gasteiger partial charge in [-0.25, -0.2) is 9.78 Å². The molecule has 0 aliphatic rings. The molecule has 1 N–H and O–H groups in total. The first-order valence-corrected chi connectivity index (χ1v) is 11.9. The van der Waals surface area contributed by atoms with E-state index in [0.29, 0.717) is 24.1 Å². The van der Waals surface area contributed by atoms with Crippen LogP contribution < -0.4 is 0 Å². The number of halogens is 1. The van der Waals surface area contributed by atoms with Crippen LogP contribution in [0.5, 0.6) is 0 Å². The van der Waals surface area contributed by atoms with Crippen LogP contribution in [0.1, 0.15) is 27.2 Å². The van der Waals surface area contributed by atoms with Crippen LogP contribution in [-0.2, 0) is 24.5 Å². The van der Waals surface area contributed by atoms with E-state index in [1.165, 1.54) is 22.1 Å². The third-order valence-electron chi connectivity index (χ3n) is 5.51. The molecule has 170 valence electrons. The zero-order chi connectivity index (χ0) is 23.5. The van der Waals surface area contributed by atoms with Crippen LogP contribution in [0, 0.1) is 0 Å². The zero-order valence-corrected chi connectivity index (χ0v) is 19.7. The van der Waals surface area contributed by atoms with Gasteiger partial charge in [0.2, 0.25) is 0 Å². The Morgan fingerprint density at radius 3 is 2.44 bits per heavy atom. The lowest BCUT2D eigenvalue weighted by molar-refractivity contribution is 0.0697. The number of hydrogen-bond acceptors (Lipinski definition) is 4. The molecule has 0 spiro atoms. The van der Waals surface area contributed by atoms with Gasteiger partial charge in [0.25, 0.3) is 0 Å². The van der Waals surface area contributed by atoms with Crippen molar-refractivity contribution in [3.63, 3.8) is 0 Å². The first-order valence-electron chi connectivity index (χ1n) is 10.7. The third kappa shape index (κ3) is 5.04. The van der Waals surface area contributed by atoms with Gasteiger partial charge in [-0.2, -0.15) is 0 Å². The molecule has 5 aromatic rings. The molecule has 0 bridgehead atoms. The highest BCUT2D eigenvalue weighted by Gasteiger charge is 2.14. The number of carboxylic acid groups (broad SMARTS) is 1. The highest BCUT2D eigenvalue weighted by Crippen LogP contribution is 2.31. The first kappa shape index (κ1) is 22.3. The Labute approximate surface area is 205 Å². The highest BCUT2D eigenvalue weighted by atomic mass is 35.5. The normalized spacial score (nSPS) is 11.2. The fourth-order valence-corrected chi connectivity index (χ4v) is 4.89. The van der Waals surface area contributed by atoms with E-state index in [4.69, 9.17) is 26.4 Å². The molecule has 0 saturated carbocycles. The fourth-order valence-electron chi connectivity index (χ4n) is 3.84. The molecule has 0 aliphatic heterocycles. The van der Waals surface area contributed by atoms with Gasteiger partial charge in [-0.1, -0.05) is 60.1 Å². The molecule has 34 heavy (non-hydrogen) atoms. The molecule has 2 aromatic heterocycles. The number of benzene rings is 3. The highest BCUT2D eigenvalue weighted by molar-refractivity contribution is 7.19. The van der Waals surface area contributed by atoms with E-state index in [2.05, 4.69) is 30.3 Å². The summed E-state index contributed by atoms with van der Waals surface area (Å²) in [5, 5.41) is 11.5. The number of imidazole rings is 1. The van der Waals surface area contributed by atoms with Crippen LogP contribution in [0.3, 0.4) is 0 Å². The van der Waals surface area contributed by atoms with Crippen molar-refractivity contribution in [3.8, 4) is 10.7 Å². The van der Waals surface area contributed by atoms with Crippen LogP contribution >= 0.6 is 22.9 Å². The summed E-state index contributed by atoms with van der Waals surface area (Å²) in [6.45, 7) is 1.43. The molecule has 0 radical (unpaired) electrons. The molecule has 0 atom stereocenters. The Morgan fingerprint density at radius 2 is 1.71 bits per heavy atom. The Balaban J connectivity index is 1.33. The van der Waals surface area contributed by atoms with Crippen LogP contribution in [0.25, 0.3) is 21.5 Å². The Hall–Kier alpha value is -3.45. The minimum atomic E-state index is -0.936. The van der Waals surface area contributed by atoms with Crippen LogP contribution in [0.15, 0.2) is 85.1 Å². The number of carbonyl (C=O) groups is 1. The van der Waals surface area contributed by atoms with E-state index in [-0.39, 0.29) is 5.56 Å². The van der Waals surface area contributed by atoms with Crippen LogP contribution in [0.4, 0.5) is 0 Å². The Bertz CT molecular complexity index is 1460. The molecule has 0 amide bonds. The average molecular weight is 489 g/mol. The number of aromatic nitrogens is 2. The Morgan fingerprint density at radius 1 is 0.941 bits per heavy atom. The summed E-state index contributed by atoms with van der Waals surface area (Å²) >= 11 is 7.64. The topological polar surface area (TPSA) is 64.3 Å². The molecule has 0 unspecified atom stereocenters. The van der Waals surface area contributed by atoms with Crippen molar-refractivity contribution in [1.82, 2.24) is 9.55 Å². The number of fused-ring (bicyclic) bond motifs is 1. The van der Waals surface area contributed by atoms with Gasteiger partial charge in [-0.3, -0.25) is 0 Å². The third-order valence-corrected chi connectivity index (χ3v) is 6.73. The quantitative estimate of drug-likeness (QED) is 0.258. The number of aromatic carboxylic acids is 1. The molecule has 0 fully saturated rings. The van der Waals surface area contributed by atoms with Crippen molar-refractivity contribution in [2.45, 2.75) is 19.8 Å². The molecule has 2 heterocycles. The molecule has 0 aliphatic carbocycles. The SMILES string of the molecule is O=C(O)c1ccc(Cn2cc(COCc3ccc4ccccc4c3)nc2-c2ccc(Cl)s2)cc1. The van der Waals surface area contributed by atoms with E-state index >= 15 is 0 Å². The Kier molecular flexibility index (Phi) is 6.45. The smallest absolute Gasteiger partial charge is 0.335 e. The maximum absolute atomic E-state index is 11.1. The van der Waals surface area contributed by atoms with Gasteiger partial charge in [0.15, 0.2) is 5.82 Å². The van der Waals surface area contributed by atoms with Crippen molar-refractivity contribution in [2.75, 3.05) is 0 Å². The van der Waals surface area contributed by atoms with Gasteiger partial charge in [-0.15, -0.1) is 11.3 Å². The standard InChI is InChI=1S/C27H21ClN2O3S/c28-25-12-11-24(34-25)26-29-23(15-30(26)14-18-5-9-21(10-6-18)27(31)32)17-33-16-19-7-8-20-3-1-2-4-22(20)13-19/h1-13,15H,14,16-17H2,(H,31,32). The number of ether oxygens (including phenoxy) is 1. The molecule has 5 nitrogen and oxygen atoms in total. The predicted octanol–water partition coefficient (Wildman–Crippen LogP) is 6.88. The lowest BCUT2D eigenvalue weighted by Crippen LogP contribution is -2.02. The second-order valence-corrected chi connectivity index (χ2v) is 9.68. The van der Waals surface area contributed by atoms with E-state index in [1.54, 1.807) is 12.1 Å². The van der Waals surface area contributed by atoms with Crippen molar-refractivity contribution >= 4 is 39.7 Å². The van der Waals surface area contributed by atoms with Crippen molar-refractivity contribution in [3.05, 3.63) is 112 Å². The molecular formula is C27H21ClN2O3S. The first-order chi connectivity index (χ1) is 16.5. The summed E-state index contributed by atoms with van der Waals surface area (Å²) in [7, 11) is 0. The van der Waals surface area contributed by atoms with Crippen molar-refractivity contribution in [1.29, 1.82) is 0 Å². The van der Waals surface area contributed by atoms with Gasteiger partial charge in [-0.05, 0) is 52.2 Å². The van der Waals surface area contributed by atoms with Crippen LogP contribution in [0.2, 0.25) is 4.34 Å². The van der Waals surface area contributed by atoms with E-state index in [9.17, 15) is 4.79 Å². The molecule has 7 heteroatoms. The predicted molar refractivity (Wildman–Crippen MR) is 135 cm³/mol. The van der Waals surface area contributed by atoms with Gasteiger partial charge in [0, 0.05) is 12.7 Å². The number of nitrogens with zero attached hydrogens (tertiary/aromatic N) is 2. The summed E-state index contributed by atoms with van der Waals surface area (Å²) in [6.07, 6.45) is 1.98. The number of hydrogen-bond donors (Lipinski definition) is 1. The number of carboxylic acids is 1. The maximum Gasteiger partial charge on any atom is 0.335 e. The molecule has 3 aromatic carbocycles. The van der Waals surface area contributed by atoms with Gasteiger partial charge in [0.1, 0.15) is 0 Å². The lowest BCUT2D eigenvalue weighted by atomic mass is 10.1. The van der Waals surface area contributed by atoms with Crippen molar-refractivity contribution in [2.24, 2.45) is 0 Å². The molecule has 0 saturated heterocycles. The molecular weight excluding hydrogens is 468 g/mol. The molecule has 5 rings (SSSR count). The lowest BCUT2D eigenvalue weighted by Gasteiger charge is -2.07. The largest absolute Gasteiger partial charge is 0.478 e. The average Bonchev–Trinajstić information content (AvgIpc) is 3.45. The van der Waals surface area contributed by atoms with E-state index in [1.807, 2.05) is 47.2 Å². The second kappa shape index (κ2) is 9.81. The summed E-state index contributed by atoms with van der Waals surface area (Å²) in [4.78, 5) is 16.9. The number of thiophene rings is 1. The van der Waals surface area contributed by atoms with E-state index in [0.717, 1.165) is 27.5 Å². The minimum Gasteiger partial charge on any atom is -0.478 e. The van der Waals surface area contributed by atoms with Gasteiger partial charge >= 0.3 is 5.97 Å². The fraction of sp³-hybridized carbons (Fsp3) is 0.111. The summed E-state index contributed by atoms with van der Waals surface area (Å²) < 4.78 is 8.74. The summed E-state index contributed by atoms with van der Waals surface area (Å²) in [6, 6.07) is 25.3. The van der Waals surface area contributed by atoms with Gasteiger partial charge < -0.3 is 14.4 Å². The second-order valence-electron chi connectivity index (χ2n) is 7.96. The summed E-state index contributed by atoms with van der Waals surface area (Å²) in [5.74, 6) is -0.127. The van der Waals surface area contributed by atoms with Gasteiger partial charge in [0.05, 0.1) is 33.7 Å². The van der Waals surface area contributed by atoms with E-state index < -0.39 is 5.97 Å². The maximum atomic E-state index is 11.1. The monoisotopic (exact) mass is 488 g/mol. The van der Waals surface area contributed by atoms with Crippen LogP contribution in [-0.4, -0.2) is 20.6 Å².